The van der Waals surface area contributed by atoms with E-state index in [2.05, 4.69) is 15.9 Å². The smallest absolute Gasteiger partial charge is 0.152 e. The van der Waals surface area contributed by atoms with E-state index in [1.165, 1.54) is 0 Å². The fraction of sp³-hybridized carbons (Fsp3) is 1.00. The van der Waals surface area contributed by atoms with E-state index in [4.69, 9.17) is 19.2 Å². The van der Waals surface area contributed by atoms with E-state index in [0.29, 0.717) is 19.9 Å². The van der Waals surface area contributed by atoms with Crippen LogP contribution in [-0.4, -0.2) is 67.7 Å². The molecule has 20 heavy (non-hydrogen) atoms. The van der Waals surface area contributed by atoms with Crippen molar-refractivity contribution in [2.75, 3.05) is 39.6 Å². The van der Waals surface area contributed by atoms with Gasteiger partial charge in [-0.25, -0.2) is 0 Å². The van der Waals surface area contributed by atoms with E-state index in [1.807, 2.05) is 5.06 Å². The molecule has 0 aliphatic carbocycles. The number of ether oxygens (including phenoxy) is 1. The Hall–Kier alpha value is -0.320. The molecule has 0 aromatic rings. The van der Waals surface area contributed by atoms with E-state index in [9.17, 15) is 0 Å². The molecule has 0 amide bonds. The lowest BCUT2D eigenvalue weighted by atomic mass is 9.97. The topological polar surface area (TPSA) is 67.5 Å². The van der Waals surface area contributed by atoms with Crippen LogP contribution in [0.2, 0.25) is 0 Å². The maximum absolute atomic E-state index is 5.94. The molecule has 4 saturated heterocycles. The molecule has 4 aliphatic heterocycles. The van der Waals surface area contributed by atoms with Gasteiger partial charge in [0.25, 0.3) is 0 Å². The number of nitrogens with one attached hydrogen (secondary N) is 2. The second-order valence-electron chi connectivity index (χ2n) is 5.60. The maximum Gasteiger partial charge on any atom is 0.152 e. The summed E-state index contributed by atoms with van der Waals surface area (Å²) in [6, 6.07) is 0. The monoisotopic (exact) mass is 286 g/mol. The van der Waals surface area contributed by atoms with Crippen molar-refractivity contribution in [3.05, 3.63) is 0 Å². The summed E-state index contributed by atoms with van der Waals surface area (Å²) in [5.41, 5.74) is 2.67. The molecule has 114 valence electrons. The zero-order valence-corrected chi connectivity index (χ0v) is 11.5. The molecule has 3 atom stereocenters. The minimum Gasteiger partial charge on any atom is -0.358 e. The molecule has 8 heteroatoms. The minimum absolute atomic E-state index is 0.0329. The molecule has 4 heterocycles. The van der Waals surface area contributed by atoms with Crippen molar-refractivity contribution in [1.82, 2.24) is 20.9 Å². The van der Waals surface area contributed by atoms with Crippen molar-refractivity contribution in [1.29, 1.82) is 0 Å². The summed E-state index contributed by atoms with van der Waals surface area (Å²) in [5, 5.41) is 7.35. The number of nitrogens with zero attached hydrogens (tertiary/aromatic N) is 2. The summed E-state index contributed by atoms with van der Waals surface area (Å²) >= 11 is 0. The zero-order chi connectivity index (χ0) is 13.4. The predicted molar refractivity (Wildman–Crippen MR) is 67.6 cm³/mol. The summed E-state index contributed by atoms with van der Waals surface area (Å²) in [6.07, 6.45) is 2.90. The van der Waals surface area contributed by atoms with Gasteiger partial charge in [-0.1, -0.05) is 0 Å². The Labute approximate surface area is 118 Å². The highest BCUT2D eigenvalue weighted by Gasteiger charge is 2.58. The molecule has 0 spiro atoms. The lowest BCUT2D eigenvalue weighted by Crippen LogP contribution is -2.67. The maximum atomic E-state index is 5.94. The van der Waals surface area contributed by atoms with Crippen LogP contribution in [-0.2, 0) is 19.2 Å². The predicted octanol–water partition coefficient (Wildman–Crippen LogP) is -0.846. The zero-order valence-electron chi connectivity index (χ0n) is 11.5. The Morgan fingerprint density at radius 2 is 2.15 bits per heavy atom. The lowest BCUT2D eigenvalue weighted by Gasteiger charge is -2.46. The van der Waals surface area contributed by atoms with Gasteiger partial charge in [0.2, 0.25) is 0 Å². The Kier molecular flexibility index (Phi) is 3.65. The van der Waals surface area contributed by atoms with Crippen LogP contribution in [0.1, 0.15) is 19.3 Å². The van der Waals surface area contributed by atoms with E-state index in [-0.39, 0.29) is 17.9 Å². The molecule has 8 nitrogen and oxygen atoms in total. The highest BCUT2D eigenvalue weighted by Crippen LogP contribution is 2.40. The Bertz CT molecular complexity index is 324. The first-order chi connectivity index (χ1) is 9.91. The highest BCUT2D eigenvalue weighted by atomic mass is 16.8. The van der Waals surface area contributed by atoms with Crippen molar-refractivity contribution in [3.63, 3.8) is 0 Å². The largest absolute Gasteiger partial charge is 0.358 e. The van der Waals surface area contributed by atoms with Gasteiger partial charge in [0.05, 0.1) is 26.6 Å². The Morgan fingerprint density at radius 1 is 1.15 bits per heavy atom. The lowest BCUT2D eigenvalue weighted by molar-refractivity contribution is -0.330. The fourth-order valence-electron chi connectivity index (χ4n) is 3.58. The quantitative estimate of drug-likeness (QED) is 0.696. The molecule has 0 aromatic carbocycles. The second-order valence-corrected chi connectivity index (χ2v) is 5.60. The third-order valence-electron chi connectivity index (χ3n) is 4.49. The van der Waals surface area contributed by atoms with Gasteiger partial charge in [0.1, 0.15) is 12.3 Å². The summed E-state index contributed by atoms with van der Waals surface area (Å²) in [5.74, 6) is 0. The standard InChI is InChI=1S/C12H22N4O4/c1-4-15(19-5-1)12(10-8-13-9-17-10)3-7-20-16(12)11-2-6-18-14-11/h10-11,13-14H,1-9H2. The molecule has 0 radical (unpaired) electrons. The van der Waals surface area contributed by atoms with Crippen LogP contribution in [0.4, 0.5) is 0 Å². The first-order valence-corrected chi connectivity index (χ1v) is 7.44. The summed E-state index contributed by atoms with van der Waals surface area (Å²) < 4.78 is 5.92. The van der Waals surface area contributed by atoms with Crippen molar-refractivity contribution in [3.8, 4) is 0 Å². The number of hydroxylamine groups is 5. The van der Waals surface area contributed by atoms with Gasteiger partial charge < -0.3 is 9.57 Å². The molecule has 2 N–H and O–H groups in total. The molecule has 0 bridgehead atoms. The van der Waals surface area contributed by atoms with Crippen LogP contribution < -0.4 is 10.8 Å². The SMILES string of the molecule is C1CON(C2(C3CNCO3)CCON2C2CCON2)C1. The van der Waals surface area contributed by atoms with Crippen molar-refractivity contribution >= 4 is 0 Å². The summed E-state index contributed by atoms with van der Waals surface area (Å²) in [4.78, 5) is 17.1. The van der Waals surface area contributed by atoms with E-state index in [1.54, 1.807) is 0 Å². The molecular formula is C12H22N4O4. The van der Waals surface area contributed by atoms with Gasteiger partial charge in [-0.2, -0.15) is 10.5 Å². The van der Waals surface area contributed by atoms with Crippen LogP contribution in [0, 0.1) is 0 Å². The Balaban J connectivity index is 1.64. The molecule has 0 saturated carbocycles. The van der Waals surface area contributed by atoms with Gasteiger partial charge >= 0.3 is 0 Å². The molecular weight excluding hydrogens is 264 g/mol. The first kappa shape index (κ1) is 13.4. The number of hydrogen-bond acceptors (Lipinski definition) is 8. The van der Waals surface area contributed by atoms with Crippen LogP contribution >= 0.6 is 0 Å². The molecule has 4 aliphatic rings. The average molecular weight is 286 g/mol. The van der Waals surface area contributed by atoms with Gasteiger partial charge in [-0.3, -0.25) is 15.0 Å². The molecule has 4 rings (SSSR count). The first-order valence-electron chi connectivity index (χ1n) is 7.44. The number of hydrogen-bond donors (Lipinski definition) is 2. The van der Waals surface area contributed by atoms with Crippen LogP contribution in [0.15, 0.2) is 0 Å². The van der Waals surface area contributed by atoms with Gasteiger partial charge in [0.15, 0.2) is 5.66 Å². The summed E-state index contributed by atoms with van der Waals surface area (Å²) in [6.45, 7) is 4.46. The van der Waals surface area contributed by atoms with E-state index in [0.717, 1.165) is 39.0 Å². The third-order valence-corrected chi connectivity index (χ3v) is 4.49. The van der Waals surface area contributed by atoms with Gasteiger partial charge in [0, 0.05) is 25.9 Å². The van der Waals surface area contributed by atoms with E-state index >= 15 is 0 Å². The van der Waals surface area contributed by atoms with Crippen LogP contribution in [0.5, 0.6) is 0 Å². The Morgan fingerprint density at radius 3 is 2.85 bits per heavy atom. The van der Waals surface area contributed by atoms with Crippen molar-refractivity contribution in [2.45, 2.75) is 37.2 Å². The van der Waals surface area contributed by atoms with Crippen molar-refractivity contribution in [2.24, 2.45) is 0 Å². The third kappa shape index (κ3) is 1.99. The van der Waals surface area contributed by atoms with Gasteiger partial charge in [-0.15, -0.1) is 5.06 Å². The van der Waals surface area contributed by atoms with E-state index < -0.39 is 0 Å². The van der Waals surface area contributed by atoms with Crippen LogP contribution in [0.3, 0.4) is 0 Å². The van der Waals surface area contributed by atoms with Crippen LogP contribution in [0.25, 0.3) is 0 Å². The molecule has 4 fully saturated rings. The fourth-order valence-corrected chi connectivity index (χ4v) is 3.58. The highest BCUT2D eigenvalue weighted by molar-refractivity contribution is 5.00. The van der Waals surface area contributed by atoms with Gasteiger partial charge in [-0.05, 0) is 6.42 Å². The van der Waals surface area contributed by atoms with Crippen molar-refractivity contribution < 1.29 is 19.2 Å². The molecule has 0 aromatic heterocycles. The molecule has 3 unspecified atom stereocenters. The normalized spacial score (nSPS) is 43.8. The minimum atomic E-state index is -0.370. The summed E-state index contributed by atoms with van der Waals surface area (Å²) in [7, 11) is 0. The number of rotatable bonds is 3. The second kappa shape index (κ2) is 5.47. The average Bonchev–Trinajstić information content (AvgIpc) is 3.23.